The van der Waals surface area contributed by atoms with Crippen molar-refractivity contribution in [2.45, 2.75) is 39.7 Å². The Morgan fingerprint density at radius 3 is 2.70 bits per heavy atom. The molecule has 0 aromatic carbocycles. The van der Waals surface area contributed by atoms with Gasteiger partial charge in [0.15, 0.2) is 0 Å². The fourth-order valence-electron chi connectivity index (χ4n) is 1.90. The summed E-state index contributed by atoms with van der Waals surface area (Å²) < 4.78 is 5.40. The molecule has 5 nitrogen and oxygen atoms in total. The van der Waals surface area contributed by atoms with E-state index in [0.717, 1.165) is 42.6 Å². The van der Waals surface area contributed by atoms with Gasteiger partial charge in [-0.2, -0.15) is 0 Å². The molecule has 2 N–H and O–H groups in total. The summed E-state index contributed by atoms with van der Waals surface area (Å²) in [6.45, 7) is 7.14. The zero-order valence-electron chi connectivity index (χ0n) is 12.3. The van der Waals surface area contributed by atoms with E-state index in [4.69, 9.17) is 4.42 Å². The molecule has 0 aliphatic rings. The summed E-state index contributed by atoms with van der Waals surface area (Å²) in [6.07, 6.45) is 3.56. The van der Waals surface area contributed by atoms with E-state index in [-0.39, 0.29) is 6.04 Å². The molecule has 0 bridgehead atoms. The van der Waals surface area contributed by atoms with Gasteiger partial charge in [-0.05, 0) is 25.5 Å². The molecule has 1 unspecified atom stereocenters. The molecule has 2 heterocycles. The number of hydrogen-bond donors (Lipinski definition) is 2. The molecular weight excluding hydrogens is 252 g/mol. The van der Waals surface area contributed by atoms with E-state index in [1.165, 1.54) is 0 Å². The topological polar surface area (TPSA) is 63.0 Å². The van der Waals surface area contributed by atoms with Crippen molar-refractivity contribution in [2.75, 3.05) is 17.2 Å². The number of furan rings is 1. The maximum atomic E-state index is 5.40. The Morgan fingerprint density at radius 1 is 1.25 bits per heavy atom. The normalized spacial score (nSPS) is 12.2. The van der Waals surface area contributed by atoms with Gasteiger partial charge in [-0.15, -0.1) is 0 Å². The molecule has 5 heteroatoms. The summed E-state index contributed by atoms with van der Waals surface area (Å²) >= 11 is 0. The van der Waals surface area contributed by atoms with Crippen LogP contribution in [0.15, 0.2) is 28.9 Å². The lowest BCUT2D eigenvalue weighted by Gasteiger charge is -2.14. The first-order valence-corrected chi connectivity index (χ1v) is 7.14. The summed E-state index contributed by atoms with van der Waals surface area (Å²) in [4.78, 5) is 8.98. The lowest BCUT2D eigenvalue weighted by atomic mass is 10.2. The molecule has 2 aromatic rings. The number of aryl methyl sites for hydroxylation is 1. The quantitative estimate of drug-likeness (QED) is 0.807. The van der Waals surface area contributed by atoms with Crippen molar-refractivity contribution in [3.05, 3.63) is 36.0 Å². The van der Waals surface area contributed by atoms with Crippen LogP contribution in [-0.4, -0.2) is 16.5 Å². The predicted octanol–water partition coefficient (Wildman–Crippen LogP) is 3.63. The van der Waals surface area contributed by atoms with Crippen LogP contribution in [0.25, 0.3) is 0 Å². The first kappa shape index (κ1) is 14.4. The summed E-state index contributed by atoms with van der Waals surface area (Å²) in [7, 11) is 0. The molecule has 0 aliphatic heterocycles. The Labute approximate surface area is 119 Å². The van der Waals surface area contributed by atoms with E-state index in [1.807, 2.05) is 25.1 Å². The van der Waals surface area contributed by atoms with Gasteiger partial charge >= 0.3 is 0 Å². The molecule has 20 heavy (non-hydrogen) atoms. The second-order valence-corrected chi connectivity index (χ2v) is 4.72. The van der Waals surface area contributed by atoms with E-state index >= 15 is 0 Å². The fourth-order valence-corrected chi connectivity index (χ4v) is 1.90. The van der Waals surface area contributed by atoms with E-state index in [9.17, 15) is 0 Å². The highest BCUT2D eigenvalue weighted by Crippen LogP contribution is 2.20. The van der Waals surface area contributed by atoms with Crippen LogP contribution in [0.2, 0.25) is 0 Å². The predicted molar refractivity (Wildman–Crippen MR) is 80.9 cm³/mol. The van der Waals surface area contributed by atoms with Gasteiger partial charge in [0.25, 0.3) is 0 Å². The summed E-state index contributed by atoms with van der Waals surface area (Å²) in [5.41, 5.74) is 0. The van der Waals surface area contributed by atoms with Crippen LogP contribution in [0, 0.1) is 0 Å². The maximum Gasteiger partial charge on any atom is 0.132 e. The van der Waals surface area contributed by atoms with E-state index in [0.29, 0.717) is 0 Å². The smallest absolute Gasteiger partial charge is 0.132 e. The van der Waals surface area contributed by atoms with Gasteiger partial charge in [0, 0.05) is 19.0 Å². The average Bonchev–Trinajstić information content (AvgIpc) is 2.99. The number of hydrogen-bond acceptors (Lipinski definition) is 5. The third-order valence-corrected chi connectivity index (χ3v) is 2.98. The monoisotopic (exact) mass is 274 g/mol. The van der Waals surface area contributed by atoms with Crippen molar-refractivity contribution >= 4 is 11.6 Å². The molecule has 2 aromatic heterocycles. The Balaban J connectivity index is 2.13. The Morgan fingerprint density at radius 2 is 2.05 bits per heavy atom. The van der Waals surface area contributed by atoms with Crippen molar-refractivity contribution in [3.8, 4) is 0 Å². The second kappa shape index (κ2) is 6.93. The van der Waals surface area contributed by atoms with Gasteiger partial charge in [-0.3, -0.25) is 0 Å². The van der Waals surface area contributed by atoms with E-state index < -0.39 is 0 Å². The standard InChI is InChI=1S/C15H22N4O/c1-4-8-16-14-10-15(19-13(5-2)18-14)17-11(3)12-7-6-9-20-12/h6-7,9-11H,4-5,8H2,1-3H3,(H2,16,17,18,19). The Kier molecular flexibility index (Phi) is 4.98. The molecular formula is C15H22N4O. The molecule has 2 rings (SSSR count). The van der Waals surface area contributed by atoms with Crippen LogP contribution in [0.4, 0.5) is 11.6 Å². The molecule has 0 amide bonds. The second-order valence-electron chi connectivity index (χ2n) is 4.72. The molecule has 1 atom stereocenters. The van der Waals surface area contributed by atoms with Crippen LogP contribution in [0.1, 0.15) is 44.8 Å². The zero-order valence-corrected chi connectivity index (χ0v) is 12.3. The molecule has 0 saturated heterocycles. The largest absolute Gasteiger partial charge is 0.467 e. The van der Waals surface area contributed by atoms with Crippen molar-refractivity contribution < 1.29 is 4.42 Å². The van der Waals surface area contributed by atoms with Gasteiger partial charge in [0.05, 0.1) is 12.3 Å². The highest BCUT2D eigenvalue weighted by Gasteiger charge is 2.10. The Bertz CT molecular complexity index is 525. The van der Waals surface area contributed by atoms with Gasteiger partial charge in [-0.25, -0.2) is 9.97 Å². The summed E-state index contributed by atoms with van der Waals surface area (Å²) in [6, 6.07) is 5.85. The molecule has 0 aliphatic carbocycles. The van der Waals surface area contributed by atoms with E-state index in [1.54, 1.807) is 6.26 Å². The average molecular weight is 274 g/mol. The SMILES string of the molecule is CCCNc1cc(NC(C)c2ccco2)nc(CC)n1. The van der Waals surface area contributed by atoms with Crippen molar-refractivity contribution in [1.82, 2.24) is 9.97 Å². The zero-order chi connectivity index (χ0) is 14.4. The van der Waals surface area contributed by atoms with Gasteiger partial charge in [0.2, 0.25) is 0 Å². The third kappa shape index (κ3) is 3.73. The highest BCUT2D eigenvalue weighted by molar-refractivity contribution is 5.48. The van der Waals surface area contributed by atoms with Gasteiger partial charge < -0.3 is 15.1 Å². The number of nitrogens with zero attached hydrogens (tertiary/aromatic N) is 2. The van der Waals surface area contributed by atoms with Crippen LogP contribution in [0.3, 0.4) is 0 Å². The minimum absolute atomic E-state index is 0.0728. The van der Waals surface area contributed by atoms with Crippen LogP contribution < -0.4 is 10.6 Å². The Hall–Kier alpha value is -2.04. The first-order valence-electron chi connectivity index (χ1n) is 7.14. The molecule has 0 fully saturated rings. The fraction of sp³-hybridized carbons (Fsp3) is 0.467. The van der Waals surface area contributed by atoms with Crippen molar-refractivity contribution in [2.24, 2.45) is 0 Å². The minimum atomic E-state index is 0.0728. The summed E-state index contributed by atoms with van der Waals surface area (Å²) in [5.74, 6) is 3.41. The number of aromatic nitrogens is 2. The molecule has 108 valence electrons. The minimum Gasteiger partial charge on any atom is -0.467 e. The van der Waals surface area contributed by atoms with Gasteiger partial charge in [-0.1, -0.05) is 13.8 Å². The van der Waals surface area contributed by atoms with Crippen molar-refractivity contribution in [3.63, 3.8) is 0 Å². The van der Waals surface area contributed by atoms with Crippen LogP contribution in [-0.2, 0) is 6.42 Å². The molecule has 0 radical (unpaired) electrons. The third-order valence-electron chi connectivity index (χ3n) is 2.98. The lowest BCUT2D eigenvalue weighted by molar-refractivity contribution is 0.490. The van der Waals surface area contributed by atoms with E-state index in [2.05, 4.69) is 34.4 Å². The van der Waals surface area contributed by atoms with Crippen LogP contribution >= 0.6 is 0 Å². The van der Waals surface area contributed by atoms with Crippen molar-refractivity contribution in [1.29, 1.82) is 0 Å². The maximum absolute atomic E-state index is 5.40. The lowest BCUT2D eigenvalue weighted by Crippen LogP contribution is -2.11. The molecule has 0 saturated carbocycles. The number of anilines is 2. The highest BCUT2D eigenvalue weighted by atomic mass is 16.3. The summed E-state index contributed by atoms with van der Waals surface area (Å²) in [5, 5.41) is 6.65. The first-order chi connectivity index (χ1) is 9.72. The number of nitrogens with one attached hydrogen (secondary N) is 2. The number of rotatable bonds is 7. The van der Waals surface area contributed by atoms with Gasteiger partial charge in [0.1, 0.15) is 23.2 Å². The van der Waals surface area contributed by atoms with Crippen LogP contribution in [0.5, 0.6) is 0 Å². The molecule has 0 spiro atoms.